The lowest BCUT2D eigenvalue weighted by atomic mass is 10.1. The van der Waals surface area contributed by atoms with E-state index in [4.69, 9.17) is 4.52 Å². The van der Waals surface area contributed by atoms with E-state index in [0.29, 0.717) is 0 Å². The average molecular weight is 400 g/mol. The zero-order chi connectivity index (χ0) is 17.2. The first-order valence-electron chi connectivity index (χ1n) is 8.32. The Labute approximate surface area is 154 Å². The molecule has 128 valence electrons. The van der Waals surface area contributed by atoms with Gasteiger partial charge in [0.15, 0.2) is 5.58 Å². The molecular formula is C19H18BrN3O2. The van der Waals surface area contributed by atoms with Crippen molar-refractivity contribution in [2.75, 3.05) is 26.2 Å². The Bertz CT molecular complexity index is 900. The first kappa shape index (κ1) is 16.3. The van der Waals surface area contributed by atoms with E-state index in [1.54, 1.807) is 0 Å². The summed E-state index contributed by atoms with van der Waals surface area (Å²) in [5.41, 5.74) is 2.50. The van der Waals surface area contributed by atoms with Crippen molar-refractivity contribution in [3.05, 3.63) is 64.3 Å². The van der Waals surface area contributed by atoms with Crippen LogP contribution in [0.5, 0.6) is 0 Å². The summed E-state index contributed by atoms with van der Waals surface area (Å²) in [6.45, 7) is 3.84. The zero-order valence-electron chi connectivity index (χ0n) is 13.7. The molecule has 0 N–H and O–H groups in total. The smallest absolute Gasteiger partial charge is 0.255 e. The standard InChI is InChI=1S/C19H18BrN3O2/c20-16-7-3-1-5-14(16)19(24)23-11-9-22(10-12-23)13-17-15-6-2-4-8-18(15)25-21-17/h1-8H,9-13H2. The van der Waals surface area contributed by atoms with Crippen LogP contribution in [0.1, 0.15) is 16.1 Å². The summed E-state index contributed by atoms with van der Waals surface area (Å²) >= 11 is 3.46. The maximum Gasteiger partial charge on any atom is 0.255 e. The molecule has 4 rings (SSSR count). The quantitative estimate of drug-likeness (QED) is 0.675. The molecule has 2 aromatic carbocycles. The van der Waals surface area contributed by atoms with Crippen molar-refractivity contribution in [2.24, 2.45) is 0 Å². The first-order chi connectivity index (χ1) is 12.2. The van der Waals surface area contributed by atoms with Crippen LogP contribution in [0, 0.1) is 0 Å². The fraction of sp³-hybridized carbons (Fsp3) is 0.263. The van der Waals surface area contributed by atoms with Gasteiger partial charge in [0.1, 0.15) is 5.69 Å². The number of piperazine rings is 1. The highest BCUT2D eigenvalue weighted by Gasteiger charge is 2.24. The molecule has 0 spiro atoms. The van der Waals surface area contributed by atoms with Gasteiger partial charge in [0.2, 0.25) is 0 Å². The van der Waals surface area contributed by atoms with Crippen molar-refractivity contribution in [1.29, 1.82) is 0 Å². The second-order valence-electron chi connectivity index (χ2n) is 6.17. The number of nitrogens with zero attached hydrogens (tertiary/aromatic N) is 3. The van der Waals surface area contributed by atoms with Crippen LogP contribution in [0.25, 0.3) is 11.0 Å². The van der Waals surface area contributed by atoms with E-state index in [-0.39, 0.29) is 5.91 Å². The molecule has 5 nitrogen and oxygen atoms in total. The van der Waals surface area contributed by atoms with Crippen molar-refractivity contribution >= 4 is 32.8 Å². The van der Waals surface area contributed by atoms with Crippen LogP contribution in [0.2, 0.25) is 0 Å². The Morgan fingerprint density at radius 2 is 1.76 bits per heavy atom. The largest absolute Gasteiger partial charge is 0.356 e. The molecule has 1 aliphatic rings. The molecule has 2 heterocycles. The van der Waals surface area contributed by atoms with Crippen LogP contribution < -0.4 is 0 Å². The highest BCUT2D eigenvalue weighted by atomic mass is 79.9. The van der Waals surface area contributed by atoms with Crippen molar-refractivity contribution in [3.8, 4) is 0 Å². The van der Waals surface area contributed by atoms with Gasteiger partial charge in [-0.05, 0) is 40.2 Å². The summed E-state index contributed by atoms with van der Waals surface area (Å²) in [7, 11) is 0. The summed E-state index contributed by atoms with van der Waals surface area (Å²) in [5.74, 6) is 0.0824. The summed E-state index contributed by atoms with van der Waals surface area (Å²) < 4.78 is 6.22. The second-order valence-corrected chi connectivity index (χ2v) is 7.03. The molecule has 0 aliphatic carbocycles. The summed E-state index contributed by atoms with van der Waals surface area (Å²) in [5, 5.41) is 5.26. The predicted molar refractivity (Wildman–Crippen MR) is 99.3 cm³/mol. The van der Waals surface area contributed by atoms with Gasteiger partial charge in [-0.2, -0.15) is 0 Å². The van der Waals surface area contributed by atoms with E-state index in [1.165, 1.54) is 0 Å². The predicted octanol–water partition coefficient (Wildman–Crippen LogP) is 3.55. The molecule has 1 amide bonds. The Morgan fingerprint density at radius 1 is 1.04 bits per heavy atom. The number of fused-ring (bicyclic) bond motifs is 1. The number of para-hydroxylation sites is 1. The fourth-order valence-electron chi connectivity index (χ4n) is 3.18. The molecule has 6 heteroatoms. The minimum absolute atomic E-state index is 0.0824. The molecule has 1 fully saturated rings. The average Bonchev–Trinajstić information content (AvgIpc) is 3.05. The number of benzene rings is 2. The number of amides is 1. The molecular weight excluding hydrogens is 382 g/mol. The Morgan fingerprint density at radius 3 is 2.56 bits per heavy atom. The molecule has 1 saturated heterocycles. The zero-order valence-corrected chi connectivity index (χ0v) is 15.3. The third-order valence-electron chi connectivity index (χ3n) is 4.59. The number of aromatic nitrogens is 1. The van der Waals surface area contributed by atoms with E-state index in [2.05, 4.69) is 26.0 Å². The molecule has 0 atom stereocenters. The Hall–Kier alpha value is -2.18. The number of carbonyl (C=O) groups is 1. The van der Waals surface area contributed by atoms with Gasteiger partial charge in [-0.15, -0.1) is 0 Å². The maximum atomic E-state index is 12.7. The summed E-state index contributed by atoms with van der Waals surface area (Å²) in [4.78, 5) is 16.9. The van der Waals surface area contributed by atoms with Gasteiger partial charge < -0.3 is 9.42 Å². The third-order valence-corrected chi connectivity index (χ3v) is 5.28. The number of rotatable bonds is 3. The molecule has 0 radical (unpaired) electrons. The first-order valence-corrected chi connectivity index (χ1v) is 9.11. The molecule has 1 aliphatic heterocycles. The molecule has 0 saturated carbocycles. The monoisotopic (exact) mass is 399 g/mol. The van der Waals surface area contributed by atoms with Gasteiger partial charge in [0.25, 0.3) is 5.91 Å². The van der Waals surface area contributed by atoms with Gasteiger partial charge in [0, 0.05) is 42.6 Å². The van der Waals surface area contributed by atoms with Crippen LogP contribution in [-0.2, 0) is 6.54 Å². The van der Waals surface area contributed by atoms with E-state index >= 15 is 0 Å². The highest BCUT2D eigenvalue weighted by molar-refractivity contribution is 9.10. The van der Waals surface area contributed by atoms with Crippen LogP contribution >= 0.6 is 15.9 Å². The van der Waals surface area contributed by atoms with Crippen molar-refractivity contribution in [1.82, 2.24) is 15.0 Å². The van der Waals surface area contributed by atoms with E-state index in [0.717, 1.165) is 59.4 Å². The van der Waals surface area contributed by atoms with Gasteiger partial charge in [-0.25, -0.2) is 0 Å². The topological polar surface area (TPSA) is 49.6 Å². The van der Waals surface area contributed by atoms with Crippen LogP contribution in [-0.4, -0.2) is 47.0 Å². The van der Waals surface area contributed by atoms with Crippen LogP contribution in [0.3, 0.4) is 0 Å². The number of hydrogen-bond donors (Lipinski definition) is 0. The van der Waals surface area contributed by atoms with Gasteiger partial charge in [0.05, 0.1) is 5.56 Å². The van der Waals surface area contributed by atoms with E-state index < -0.39 is 0 Å². The Balaban J connectivity index is 1.40. The SMILES string of the molecule is O=C(c1ccccc1Br)N1CCN(Cc2noc3ccccc23)CC1. The third kappa shape index (κ3) is 3.32. The van der Waals surface area contributed by atoms with Crippen LogP contribution in [0.4, 0.5) is 0 Å². The normalized spacial score (nSPS) is 15.6. The van der Waals surface area contributed by atoms with Crippen molar-refractivity contribution < 1.29 is 9.32 Å². The molecule has 3 aromatic rings. The highest BCUT2D eigenvalue weighted by Crippen LogP contribution is 2.21. The number of hydrogen-bond acceptors (Lipinski definition) is 4. The molecule has 25 heavy (non-hydrogen) atoms. The van der Waals surface area contributed by atoms with Gasteiger partial charge in [-0.1, -0.05) is 29.4 Å². The summed E-state index contributed by atoms with van der Waals surface area (Å²) in [6, 6.07) is 15.5. The van der Waals surface area contributed by atoms with Crippen molar-refractivity contribution in [2.45, 2.75) is 6.54 Å². The lowest BCUT2D eigenvalue weighted by molar-refractivity contribution is 0.0625. The molecule has 0 bridgehead atoms. The summed E-state index contributed by atoms with van der Waals surface area (Å²) in [6.07, 6.45) is 0. The number of carbonyl (C=O) groups excluding carboxylic acids is 1. The lowest BCUT2D eigenvalue weighted by Gasteiger charge is -2.34. The maximum absolute atomic E-state index is 12.7. The lowest BCUT2D eigenvalue weighted by Crippen LogP contribution is -2.48. The molecule has 1 aromatic heterocycles. The fourth-order valence-corrected chi connectivity index (χ4v) is 3.63. The minimum atomic E-state index is 0.0824. The molecule has 0 unspecified atom stereocenters. The Kier molecular flexibility index (Phi) is 4.55. The second kappa shape index (κ2) is 6.98. The van der Waals surface area contributed by atoms with Crippen molar-refractivity contribution in [3.63, 3.8) is 0 Å². The van der Waals surface area contributed by atoms with Gasteiger partial charge >= 0.3 is 0 Å². The van der Waals surface area contributed by atoms with E-state index in [1.807, 2.05) is 53.4 Å². The van der Waals surface area contributed by atoms with Crippen LogP contribution in [0.15, 0.2) is 57.5 Å². The van der Waals surface area contributed by atoms with Gasteiger partial charge in [-0.3, -0.25) is 9.69 Å². The minimum Gasteiger partial charge on any atom is -0.356 e. The number of halogens is 1. The van der Waals surface area contributed by atoms with E-state index in [9.17, 15) is 4.79 Å².